The number of hydrazone groups is 1. The molecular formula is C30H25N3O. The summed E-state index contributed by atoms with van der Waals surface area (Å²) < 4.78 is 6.22. The number of hydrogen-bond acceptors (Lipinski definition) is 4. The van der Waals surface area contributed by atoms with Crippen LogP contribution in [0.25, 0.3) is 11.1 Å². The number of nitrogens with zero attached hydrogens (tertiary/aromatic N) is 3. The van der Waals surface area contributed by atoms with Gasteiger partial charge in [-0.15, -0.1) is 0 Å². The Morgan fingerprint density at radius 1 is 0.559 bits per heavy atom. The minimum atomic E-state index is 0.212. The zero-order chi connectivity index (χ0) is 22.5. The molecular weight excluding hydrogens is 418 g/mol. The molecule has 2 aliphatic heterocycles. The lowest BCUT2D eigenvalue weighted by Crippen LogP contribution is -2.46. The Kier molecular flexibility index (Phi) is 4.52. The largest absolute Gasteiger partial charge is 0.457 e. The molecule has 4 aromatic carbocycles. The zero-order valence-electron chi connectivity index (χ0n) is 18.9. The first kappa shape index (κ1) is 19.6. The third-order valence-electron chi connectivity index (χ3n) is 7.20. The Hall–Kier alpha value is -3.89. The van der Waals surface area contributed by atoms with Gasteiger partial charge in [-0.2, -0.15) is 5.10 Å². The minimum Gasteiger partial charge on any atom is -0.457 e. The van der Waals surface area contributed by atoms with E-state index < -0.39 is 0 Å². The van der Waals surface area contributed by atoms with Gasteiger partial charge >= 0.3 is 0 Å². The summed E-state index contributed by atoms with van der Waals surface area (Å²) in [6.45, 7) is 3.70. The SMILES string of the molecule is c1ccc2c(c1)Oc1ccccc1C2N1CCN(N=C2c3ccccc3-c3ccccc32)CC1. The first-order valence-corrected chi connectivity index (χ1v) is 12.0. The third kappa shape index (κ3) is 3.06. The Morgan fingerprint density at radius 2 is 1.03 bits per heavy atom. The molecule has 0 atom stereocenters. The zero-order valence-corrected chi connectivity index (χ0v) is 18.9. The van der Waals surface area contributed by atoms with E-state index in [1.165, 1.54) is 33.4 Å². The van der Waals surface area contributed by atoms with E-state index in [4.69, 9.17) is 9.84 Å². The van der Waals surface area contributed by atoms with Crippen LogP contribution in [0.1, 0.15) is 28.3 Å². The molecule has 7 rings (SSSR count). The maximum absolute atomic E-state index is 6.22. The lowest BCUT2D eigenvalue weighted by molar-refractivity contribution is 0.108. The summed E-state index contributed by atoms with van der Waals surface area (Å²) in [4.78, 5) is 2.58. The van der Waals surface area contributed by atoms with Gasteiger partial charge in [0, 0.05) is 48.4 Å². The van der Waals surface area contributed by atoms with E-state index in [1.54, 1.807) is 0 Å². The van der Waals surface area contributed by atoms with Crippen LogP contribution in [0, 0.1) is 0 Å². The molecule has 0 unspecified atom stereocenters. The van der Waals surface area contributed by atoms with Crippen molar-refractivity contribution < 1.29 is 4.74 Å². The summed E-state index contributed by atoms with van der Waals surface area (Å²) in [6.07, 6.45) is 0. The van der Waals surface area contributed by atoms with Crippen molar-refractivity contribution in [2.45, 2.75) is 6.04 Å². The third-order valence-corrected chi connectivity index (χ3v) is 7.20. The molecule has 4 heteroatoms. The Labute approximate surface area is 199 Å². The van der Waals surface area contributed by atoms with Crippen LogP contribution in [0.3, 0.4) is 0 Å². The van der Waals surface area contributed by atoms with Gasteiger partial charge in [-0.1, -0.05) is 84.9 Å². The van der Waals surface area contributed by atoms with Crippen LogP contribution in [0.15, 0.2) is 102 Å². The summed E-state index contributed by atoms with van der Waals surface area (Å²) in [6, 6.07) is 34.3. The van der Waals surface area contributed by atoms with Crippen LogP contribution in [0.4, 0.5) is 0 Å². The molecule has 1 aliphatic carbocycles. The molecule has 3 aliphatic rings. The van der Waals surface area contributed by atoms with Crippen molar-refractivity contribution in [2.24, 2.45) is 5.10 Å². The van der Waals surface area contributed by atoms with Crippen LogP contribution in [0.5, 0.6) is 11.5 Å². The molecule has 0 amide bonds. The van der Waals surface area contributed by atoms with E-state index in [0.717, 1.165) is 43.4 Å². The maximum atomic E-state index is 6.22. The predicted molar refractivity (Wildman–Crippen MR) is 135 cm³/mol. The molecule has 1 saturated heterocycles. The summed E-state index contributed by atoms with van der Waals surface area (Å²) in [5, 5.41) is 7.44. The smallest absolute Gasteiger partial charge is 0.132 e. The first-order chi connectivity index (χ1) is 16.9. The molecule has 2 heterocycles. The average molecular weight is 444 g/mol. The van der Waals surface area contributed by atoms with Crippen LogP contribution >= 0.6 is 0 Å². The molecule has 0 spiro atoms. The van der Waals surface area contributed by atoms with Gasteiger partial charge in [0.2, 0.25) is 0 Å². The number of rotatable bonds is 2. The number of benzene rings is 4. The van der Waals surface area contributed by atoms with Crippen molar-refractivity contribution in [1.29, 1.82) is 0 Å². The second-order valence-corrected chi connectivity index (χ2v) is 9.11. The van der Waals surface area contributed by atoms with Gasteiger partial charge in [-0.25, -0.2) is 0 Å². The molecule has 1 fully saturated rings. The molecule has 0 bridgehead atoms. The van der Waals surface area contributed by atoms with E-state index in [0.29, 0.717) is 0 Å². The summed E-state index contributed by atoms with van der Waals surface area (Å²) in [7, 11) is 0. The molecule has 4 aromatic rings. The molecule has 4 nitrogen and oxygen atoms in total. The number of fused-ring (bicyclic) bond motifs is 5. The molecule has 34 heavy (non-hydrogen) atoms. The fraction of sp³-hybridized carbons (Fsp3) is 0.167. The summed E-state index contributed by atoms with van der Waals surface area (Å²) >= 11 is 0. The standard InChI is InChI=1S/C30H25N3O/c1-3-11-23-21(9-1)22-10-2-4-12-24(22)29(23)31-33-19-17-32(18-20-33)30-25-13-5-7-15-27(25)34-28-16-8-6-14-26(28)30/h1-16,30H,17-20H2. The van der Waals surface area contributed by atoms with Crippen LogP contribution in [-0.4, -0.2) is 41.8 Å². The number of hydrogen-bond donors (Lipinski definition) is 0. The van der Waals surface area contributed by atoms with E-state index in [1.807, 2.05) is 0 Å². The molecule has 0 saturated carbocycles. The Morgan fingerprint density at radius 3 is 1.59 bits per heavy atom. The number of ether oxygens (including phenoxy) is 1. The normalized spacial score (nSPS) is 16.8. The van der Waals surface area contributed by atoms with Gasteiger partial charge in [0.05, 0.1) is 11.8 Å². The van der Waals surface area contributed by atoms with Crippen LogP contribution < -0.4 is 4.74 Å². The highest BCUT2D eigenvalue weighted by Gasteiger charge is 2.33. The Balaban J connectivity index is 1.18. The Bertz CT molecular complexity index is 1320. The van der Waals surface area contributed by atoms with Crippen molar-refractivity contribution in [2.75, 3.05) is 26.2 Å². The van der Waals surface area contributed by atoms with E-state index >= 15 is 0 Å². The van der Waals surface area contributed by atoms with E-state index in [-0.39, 0.29) is 6.04 Å². The van der Waals surface area contributed by atoms with E-state index in [9.17, 15) is 0 Å². The van der Waals surface area contributed by atoms with Crippen molar-refractivity contribution in [3.63, 3.8) is 0 Å². The lowest BCUT2D eigenvalue weighted by atomic mass is 9.93. The maximum Gasteiger partial charge on any atom is 0.132 e. The monoisotopic (exact) mass is 443 g/mol. The predicted octanol–water partition coefficient (Wildman–Crippen LogP) is 5.93. The number of piperazine rings is 1. The topological polar surface area (TPSA) is 28.1 Å². The van der Waals surface area contributed by atoms with E-state index in [2.05, 4.69) is 107 Å². The highest BCUT2D eigenvalue weighted by Crippen LogP contribution is 2.45. The van der Waals surface area contributed by atoms with Crippen molar-refractivity contribution in [3.05, 3.63) is 119 Å². The van der Waals surface area contributed by atoms with Gasteiger partial charge in [0.15, 0.2) is 0 Å². The first-order valence-electron chi connectivity index (χ1n) is 12.0. The van der Waals surface area contributed by atoms with Crippen LogP contribution in [0.2, 0.25) is 0 Å². The second kappa shape index (κ2) is 7.86. The van der Waals surface area contributed by atoms with Gasteiger partial charge < -0.3 is 4.74 Å². The van der Waals surface area contributed by atoms with Gasteiger partial charge in [-0.3, -0.25) is 9.91 Å². The van der Waals surface area contributed by atoms with Crippen molar-refractivity contribution in [3.8, 4) is 22.6 Å². The molecule has 0 aromatic heterocycles. The highest BCUT2D eigenvalue weighted by molar-refractivity contribution is 6.24. The summed E-state index contributed by atoms with van der Waals surface area (Å²) in [5.41, 5.74) is 8.63. The minimum absolute atomic E-state index is 0.212. The fourth-order valence-electron chi connectivity index (χ4n) is 5.59. The molecule has 166 valence electrons. The van der Waals surface area contributed by atoms with Crippen molar-refractivity contribution >= 4 is 5.71 Å². The summed E-state index contributed by atoms with van der Waals surface area (Å²) in [5.74, 6) is 1.93. The molecule has 0 N–H and O–H groups in total. The quantitative estimate of drug-likeness (QED) is 0.338. The number of para-hydroxylation sites is 2. The van der Waals surface area contributed by atoms with Crippen LogP contribution in [-0.2, 0) is 0 Å². The van der Waals surface area contributed by atoms with Crippen molar-refractivity contribution in [1.82, 2.24) is 9.91 Å². The highest BCUT2D eigenvalue weighted by atomic mass is 16.5. The van der Waals surface area contributed by atoms with Gasteiger partial charge in [-0.05, 0) is 23.3 Å². The second-order valence-electron chi connectivity index (χ2n) is 9.11. The lowest BCUT2D eigenvalue weighted by Gasteiger charge is -2.41. The average Bonchev–Trinajstić information content (AvgIpc) is 3.21. The molecule has 0 radical (unpaired) electrons. The van der Waals surface area contributed by atoms with Gasteiger partial charge in [0.25, 0.3) is 0 Å². The van der Waals surface area contributed by atoms with Gasteiger partial charge in [0.1, 0.15) is 11.5 Å². The fourth-order valence-corrected chi connectivity index (χ4v) is 5.59.